The van der Waals surface area contributed by atoms with E-state index in [2.05, 4.69) is 10.4 Å². The van der Waals surface area contributed by atoms with Gasteiger partial charge in [0.1, 0.15) is 0 Å². The van der Waals surface area contributed by atoms with Gasteiger partial charge in [0.05, 0.1) is 0 Å². The monoisotopic (exact) mass is 385 g/mol. The van der Waals surface area contributed by atoms with Crippen LogP contribution in [0.1, 0.15) is 32.3 Å². The van der Waals surface area contributed by atoms with Gasteiger partial charge in [-0.1, -0.05) is 44.2 Å². The Morgan fingerprint density at radius 2 is 1.93 bits per heavy atom. The van der Waals surface area contributed by atoms with Gasteiger partial charge < -0.3 is 10.4 Å². The zero-order valence-electron chi connectivity index (χ0n) is 15.1. The molecule has 1 aliphatic rings. The molecule has 9 heteroatoms. The summed E-state index contributed by atoms with van der Waals surface area (Å²) in [4.78, 5) is 24.2. The maximum atomic E-state index is 13.4. The molecular formula is C18H22F3N3O3. The van der Waals surface area contributed by atoms with E-state index in [1.54, 1.807) is 26.0 Å². The van der Waals surface area contributed by atoms with Crippen LogP contribution in [0, 0.1) is 5.92 Å². The Hall–Kier alpha value is -2.42. The van der Waals surface area contributed by atoms with Gasteiger partial charge in [0.2, 0.25) is 0 Å². The van der Waals surface area contributed by atoms with Crippen molar-refractivity contribution in [3.63, 3.8) is 0 Å². The van der Waals surface area contributed by atoms with E-state index in [0.29, 0.717) is 6.42 Å². The molecule has 1 aromatic rings. The van der Waals surface area contributed by atoms with E-state index in [1.807, 2.05) is 18.2 Å². The lowest BCUT2D eigenvalue weighted by Crippen LogP contribution is -2.59. The first-order valence-electron chi connectivity index (χ1n) is 8.56. The molecule has 0 radical (unpaired) electrons. The molecule has 2 N–H and O–H groups in total. The second-order valence-corrected chi connectivity index (χ2v) is 6.86. The SMILES string of the molecule is CC(C)CC1=NN(C(=O)C(=O)NCCc2ccccc2)C(O)(C(F)(F)F)C1. The number of carbonyl (C=O) groups is 2. The number of amides is 2. The van der Waals surface area contributed by atoms with Gasteiger partial charge in [-0.15, -0.1) is 0 Å². The molecule has 1 aromatic carbocycles. The lowest BCUT2D eigenvalue weighted by atomic mass is 9.99. The highest BCUT2D eigenvalue weighted by molar-refractivity contribution is 6.35. The molecule has 2 rings (SSSR count). The number of hydrogen-bond acceptors (Lipinski definition) is 4. The maximum absolute atomic E-state index is 13.4. The van der Waals surface area contributed by atoms with Crippen LogP contribution in [0.4, 0.5) is 13.2 Å². The number of nitrogens with zero attached hydrogens (tertiary/aromatic N) is 2. The average Bonchev–Trinajstić information content (AvgIpc) is 2.91. The Labute approximate surface area is 155 Å². The number of carbonyl (C=O) groups excluding carboxylic acids is 2. The van der Waals surface area contributed by atoms with Gasteiger partial charge in [0.15, 0.2) is 0 Å². The molecule has 1 aliphatic heterocycles. The predicted molar refractivity (Wildman–Crippen MR) is 92.5 cm³/mol. The Morgan fingerprint density at radius 1 is 1.30 bits per heavy atom. The first-order chi connectivity index (χ1) is 12.5. The molecule has 0 fully saturated rings. The molecule has 0 saturated carbocycles. The minimum Gasteiger partial charge on any atom is -0.362 e. The van der Waals surface area contributed by atoms with Crippen LogP contribution < -0.4 is 5.32 Å². The van der Waals surface area contributed by atoms with Crippen LogP contribution in [-0.2, 0) is 16.0 Å². The fraction of sp³-hybridized carbons (Fsp3) is 0.500. The highest BCUT2D eigenvalue weighted by Gasteiger charge is 2.63. The first kappa shape index (κ1) is 20.9. The lowest BCUT2D eigenvalue weighted by Gasteiger charge is -2.32. The van der Waals surface area contributed by atoms with E-state index in [0.717, 1.165) is 5.56 Å². The lowest BCUT2D eigenvalue weighted by molar-refractivity contribution is -0.301. The van der Waals surface area contributed by atoms with Crippen molar-refractivity contribution in [3.8, 4) is 0 Å². The molecule has 0 aromatic heterocycles. The van der Waals surface area contributed by atoms with Crippen LogP contribution >= 0.6 is 0 Å². The number of aliphatic hydroxyl groups is 1. The van der Waals surface area contributed by atoms with Gasteiger partial charge in [-0.25, -0.2) is 0 Å². The summed E-state index contributed by atoms with van der Waals surface area (Å²) in [6, 6.07) is 9.07. The number of halogens is 3. The van der Waals surface area contributed by atoms with Crippen molar-refractivity contribution in [1.82, 2.24) is 10.3 Å². The maximum Gasteiger partial charge on any atom is 0.438 e. The van der Waals surface area contributed by atoms with Crippen molar-refractivity contribution in [2.45, 2.75) is 45.0 Å². The van der Waals surface area contributed by atoms with E-state index in [4.69, 9.17) is 0 Å². The largest absolute Gasteiger partial charge is 0.438 e. The van der Waals surface area contributed by atoms with E-state index in [9.17, 15) is 27.9 Å². The number of nitrogens with one attached hydrogen (secondary N) is 1. The summed E-state index contributed by atoms with van der Waals surface area (Å²) in [7, 11) is 0. The standard InChI is InChI=1S/C18H22F3N3O3/c1-12(2)10-14-11-17(27,18(19,20)21)24(23-14)16(26)15(25)22-9-8-13-6-4-3-5-7-13/h3-7,12,27H,8-11H2,1-2H3,(H,22,25). The van der Waals surface area contributed by atoms with Gasteiger partial charge in [0.25, 0.3) is 5.72 Å². The van der Waals surface area contributed by atoms with E-state index < -0.39 is 30.1 Å². The fourth-order valence-electron chi connectivity index (χ4n) is 2.77. The predicted octanol–water partition coefficient (Wildman–Crippen LogP) is 2.23. The molecule has 0 bridgehead atoms. The molecule has 1 atom stereocenters. The first-order valence-corrected chi connectivity index (χ1v) is 8.56. The number of benzene rings is 1. The van der Waals surface area contributed by atoms with Crippen LogP contribution in [0.5, 0.6) is 0 Å². The topological polar surface area (TPSA) is 82.0 Å². The fourth-order valence-corrected chi connectivity index (χ4v) is 2.77. The highest BCUT2D eigenvalue weighted by Crippen LogP contribution is 2.41. The third-order valence-electron chi connectivity index (χ3n) is 4.07. The third-order valence-corrected chi connectivity index (χ3v) is 4.07. The van der Waals surface area contributed by atoms with E-state index in [1.165, 1.54) is 0 Å². The summed E-state index contributed by atoms with van der Waals surface area (Å²) in [6.07, 6.45) is -5.42. The smallest absolute Gasteiger partial charge is 0.362 e. The van der Waals surface area contributed by atoms with Crippen molar-refractivity contribution >= 4 is 17.5 Å². The van der Waals surface area contributed by atoms with Gasteiger partial charge in [0, 0.05) is 18.7 Å². The van der Waals surface area contributed by atoms with Crippen LogP contribution in [0.15, 0.2) is 35.4 Å². The van der Waals surface area contributed by atoms with Crippen LogP contribution in [0.3, 0.4) is 0 Å². The quantitative estimate of drug-likeness (QED) is 0.763. The summed E-state index contributed by atoms with van der Waals surface area (Å²) in [5, 5.41) is 15.8. The Balaban J connectivity index is 2.07. The normalized spacial score (nSPS) is 20.0. The van der Waals surface area contributed by atoms with Crippen molar-refractivity contribution in [2.75, 3.05) is 6.54 Å². The minimum atomic E-state index is -5.14. The summed E-state index contributed by atoms with van der Waals surface area (Å²) in [5.41, 5.74) is -2.59. The Morgan fingerprint density at radius 3 is 2.48 bits per heavy atom. The molecule has 1 heterocycles. The molecule has 27 heavy (non-hydrogen) atoms. The molecule has 0 saturated heterocycles. The number of hydrogen-bond donors (Lipinski definition) is 2. The third kappa shape index (κ3) is 4.85. The van der Waals surface area contributed by atoms with Gasteiger partial charge in [-0.05, 0) is 24.3 Å². The van der Waals surface area contributed by atoms with Crippen molar-refractivity contribution in [2.24, 2.45) is 11.0 Å². The molecule has 2 amide bonds. The second kappa shape index (κ2) is 8.08. The molecule has 6 nitrogen and oxygen atoms in total. The van der Waals surface area contributed by atoms with Crippen LogP contribution in [0.2, 0.25) is 0 Å². The van der Waals surface area contributed by atoms with E-state index >= 15 is 0 Å². The average molecular weight is 385 g/mol. The van der Waals surface area contributed by atoms with E-state index in [-0.39, 0.29) is 29.6 Å². The van der Waals surface area contributed by atoms with Crippen molar-refractivity contribution in [3.05, 3.63) is 35.9 Å². The number of hydrazone groups is 1. The highest BCUT2D eigenvalue weighted by atomic mass is 19.4. The summed E-state index contributed by atoms with van der Waals surface area (Å²) in [5.74, 6) is -2.80. The van der Waals surface area contributed by atoms with Crippen LogP contribution in [-0.4, -0.2) is 46.1 Å². The van der Waals surface area contributed by atoms with Gasteiger partial charge in [-0.2, -0.15) is 23.3 Å². The van der Waals surface area contributed by atoms with Crippen molar-refractivity contribution < 1.29 is 27.9 Å². The zero-order valence-corrected chi connectivity index (χ0v) is 15.1. The molecule has 148 valence electrons. The minimum absolute atomic E-state index is 0.0176. The van der Waals surface area contributed by atoms with Gasteiger partial charge >= 0.3 is 18.0 Å². The number of rotatable bonds is 5. The van der Waals surface area contributed by atoms with Crippen LogP contribution in [0.25, 0.3) is 0 Å². The Bertz CT molecular complexity index is 720. The Kier molecular flexibility index (Phi) is 6.25. The molecule has 1 unspecified atom stereocenters. The number of alkyl halides is 3. The molecule has 0 spiro atoms. The van der Waals surface area contributed by atoms with Gasteiger partial charge in [-0.3, -0.25) is 9.59 Å². The summed E-state index contributed by atoms with van der Waals surface area (Å²) < 4.78 is 40.1. The zero-order chi connectivity index (χ0) is 20.2. The second-order valence-electron chi connectivity index (χ2n) is 6.86. The molecule has 0 aliphatic carbocycles. The van der Waals surface area contributed by atoms with Crippen molar-refractivity contribution in [1.29, 1.82) is 0 Å². The molecular weight excluding hydrogens is 363 g/mol. The summed E-state index contributed by atoms with van der Waals surface area (Å²) >= 11 is 0. The summed E-state index contributed by atoms with van der Waals surface area (Å²) in [6.45, 7) is 3.61.